The van der Waals surface area contributed by atoms with Gasteiger partial charge in [-0.05, 0) is 12.8 Å². The molecule has 1 aliphatic carbocycles. The molecule has 4 nitrogen and oxygen atoms in total. The fraction of sp³-hybridized carbons (Fsp3) is 0.857. The molecule has 0 unspecified atom stereocenters. The van der Waals surface area contributed by atoms with Crippen LogP contribution in [0, 0.1) is 5.92 Å². The Labute approximate surface area is 65.1 Å². The van der Waals surface area contributed by atoms with E-state index in [1.54, 1.807) is 0 Å². The molecule has 0 aromatic carbocycles. The van der Waals surface area contributed by atoms with E-state index in [9.17, 15) is 4.79 Å². The van der Waals surface area contributed by atoms with Crippen LogP contribution in [0.4, 0.5) is 4.79 Å². The van der Waals surface area contributed by atoms with E-state index in [0.29, 0.717) is 5.92 Å². The van der Waals surface area contributed by atoms with Crippen LogP contribution < -0.4 is 11.1 Å². The third kappa shape index (κ3) is 1.07. The average Bonchev–Trinajstić information content (AvgIpc) is 2.40. The third-order valence-electron chi connectivity index (χ3n) is 2.57. The lowest BCUT2D eigenvalue weighted by atomic mass is 9.94. The topological polar surface area (TPSA) is 64.4 Å². The molecule has 3 N–H and O–H groups in total. The minimum Gasteiger partial charge on any atom is -0.443 e. The van der Waals surface area contributed by atoms with E-state index in [4.69, 9.17) is 10.5 Å². The number of carbonyl (C=O) groups is 1. The molecular weight excluding hydrogens is 144 g/mol. The van der Waals surface area contributed by atoms with Gasteiger partial charge in [0, 0.05) is 19.0 Å². The highest BCUT2D eigenvalue weighted by molar-refractivity contribution is 5.65. The molecule has 2 fully saturated rings. The SMILES string of the molecule is NC(=O)OC1(C2CNC2)CC1. The van der Waals surface area contributed by atoms with Crippen LogP contribution in [0.3, 0.4) is 0 Å². The first-order chi connectivity index (χ1) is 5.23. The minimum absolute atomic E-state index is 0.170. The van der Waals surface area contributed by atoms with Gasteiger partial charge in [0.05, 0.1) is 0 Å². The second-order valence-electron chi connectivity index (χ2n) is 3.34. The van der Waals surface area contributed by atoms with Gasteiger partial charge in [-0.2, -0.15) is 0 Å². The van der Waals surface area contributed by atoms with Crippen molar-refractivity contribution >= 4 is 6.09 Å². The first-order valence-electron chi connectivity index (χ1n) is 3.92. The maximum atomic E-state index is 10.5. The van der Waals surface area contributed by atoms with Crippen LogP contribution in [-0.2, 0) is 4.74 Å². The highest BCUT2D eigenvalue weighted by Gasteiger charge is 2.54. The lowest BCUT2D eigenvalue weighted by molar-refractivity contribution is 0.0293. The fourth-order valence-corrected chi connectivity index (χ4v) is 1.58. The van der Waals surface area contributed by atoms with Crippen LogP contribution in [-0.4, -0.2) is 24.8 Å². The van der Waals surface area contributed by atoms with Gasteiger partial charge in [0.25, 0.3) is 0 Å². The molecule has 0 spiro atoms. The van der Waals surface area contributed by atoms with E-state index in [1.807, 2.05) is 0 Å². The van der Waals surface area contributed by atoms with Gasteiger partial charge < -0.3 is 15.8 Å². The van der Waals surface area contributed by atoms with Crippen molar-refractivity contribution in [1.29, 1.82) is 0 Å². The van der Waals surface area contributed by atoms with Crippen molar-refractivity contribution in [3.63, 3.8) is 0 Å². The van der Waals surface area contributed by atoms with Gasteiger partial charge in [-0.1, -0.05) is 0 Å². The van der Waals surface area contributed by atoms with Crippen molar-refractivity contribution in [2.24, 2.45) is 11.7 Å². The van der Waals surface area contributed by atoms with Gasteiger partial charge in [-0.15, -0.1) is 0 Å². The molecule has 1 saturated heterocycles. The number of hydrogen-bond donors (Lipinski definition) is 2. The summed E-state index contributed by atoms with van der Waals surface area (Å²) in [4.78, 5) is 10.5. The maximum absolute atomic E-state index is 10.5. The fourth-order valence-electron chi connectivity index (χ4n) is 1.58. The Balaban J connectivity index is 1.93. The van der Waals surface area contributed by atoms with Crippen LogP contribution in [0.15, 0.2) is 0 Å². The van der Waals surface area contributed by atoms with Gasteiger partial charge >= 0.3 is 6.09 Å². The highest BCUT2D eigenvalue weighted by atomic mass is 16.6. The summed E-state index contributed by atoms with van der Waals surface area (Å²) in [7, 11) is 0. The second kappa shape index (κ2) is 2.11. The number of nitrogens with one attached hydrogen (secondary N) is 1. The van der Waals surface area contributed by atoms with E-state index in [-0.39, 0.29) is 5.60 Å². The molecule has 0 aromatic heterocycles. The highest BCUT2D eigenvalue weighted by Crippen LogP contribution is 2.47. The normalized spacial score (nSPS) is 27.3. The van der Waals surface area contributed by atoms with Gasteiger partial charge in [0.1, 0.15) is 5.60 Å². The molecule has 2 aliphatic rings. The summed E-state index contributed by atoms with van der Waals surface area (Å²) in [6.45, 7) is 1.93. The summed E-state index contributed by atoms with van der Waals surface area (Å²) < 4.78 is 5.05. The Morgan fingerprint density at radius 1 is 1.55 bits per heavy atom. The molecule has 1 heterocycles. The minimum atomic E-state index is -0.630. The monoisotopic (exact) mass is 156 g/mol. The Hall–Kier alpha value is -0.770. The van der Waals surface area contributed by atoms with E-state index in [2.05, 4.69) is 5.32 Å². The number of carbonyl (C=O) groups excluding carboxylic acids is 1. The van der Waals surface area contributed by atoms with Crippen molar-refractivity contribution < 1.29 is 9.53 Å². The summed E-state index contributed by atoms with van der Waals surface area (Å²) in [6, 6.07) is 0. The van der Waals surface area contributed by atoms with E-state index < -0.39 is 6.09 Å². The zero-order valence-corrected chi connectivity index (χ0v) is 6.30. The molecule has 11 heavy (non-hydrogen) atoms. The Morgan fingerprint density at radius 2 is 2.18 bits per heavy atom. The number of rotatable bonds is 2. The van der Waals surface area contributed by atoms with Crippen molar-refractivity contribution in [3.8, 4) is 0 Å². The Morgan fingerprint density at radius 3 is 2.45 bits per heavy atom. The smallest absolute Gasteiger partial charge is 0.405 e. The predicted molar refractivity (Wildman–Crippen MR) is 39.0 cm³/mol. The number of ether oxygens (including phenoxy) is 1. The third-order valence-corrected chi connectivity index (χ3v) is 2.57. The van der Waals surface area contributed by atoms with Gasteiger partial charge in [-0.3, -0.25) is 0 Å². The molecular formula is C7H12N2O2. The summed E-state index contributed by atoms with van der Waals surface area (Å²) in [5, 5.41) is 3.15. The average molecular weight is 156 g/mol. The second-order valence-corrected chi connectivity index (χ2v) is 3.34. The first kappa shape index (κ1) is 6.91. The van der Waals surface area contributed by atoms with Crippen molar-refractivity contribution in [2.75, 3.05) is 13.1 Å². The molecule has 0 bridgehead atoms. The van der Waals surface area contributed by atoms with Crippen LogP contribution >= 0.6 is 0 Å². The quantitative estimate of drug-likeness (QED) is 0.583. The van der Waals surface area contributed by atoms with Gasteiger partial charge in [0.2, 0.25) is 0 Å². The number of hydrogen-bond acceptors (Lipinski definition) is 3. The molecule has 1 amide bonds. The van der Waals surface area contributed by atoms with Crippen LogP contribution in [0.2, 0.25) is 0 Å². The van der Waals surface area contributed by atoms with Gasteiger partial charge in [0.15, 0.2) is 0 Å². The van der Waals surface area contributed by atoms with Crippen LogP contribution in [0.5, 0.6) is 0 Å². The number of primary amides is 1. The largest absolute Gasteiger partial charge is 0.443 e. The molecule has 0 radical (unpaired) electrons. The summed E-state index contributed by atoms with van der Waals surface area (Å²) in [5.74, 6) is 0.509. The lowest BCUT2D eigenvalue weighted by Gasteiger charge is -2.34. The molecule has 1 saturated carbocycles. The summed E-state index contributed by atoms with van der Waals surface area (Å²) in [5.41, 5.74) is 4.78. The van der Waals surface area contributed by atoms with Gasteiger partial charge in [-0.25, -0.2) is 4.79 Å². The summed E-state index contributed by atoms with van der Waals surface area (Å²) in [6.07, 6.45) is 1.35. The van der Waals surface area contributed by atoms with E-state index in [1.165, 1.54) is 0 Å². The van der Waals surface area contributed by atoms with Crippen molar-refractivity contribution in [2.45, 2.75) is 18.4 Å². The van der Waals surface area contributed by atoms with E-state index >= 15 is 0 Å². The maximum Gasteiger partial charge on any atom is 0.405 e. The van der Waals surface area contributed by atoms with Crippen molar-refractivity contribution in [3.05, 3.63) is 0 Å². The Kier molecular flexibility index (Phi) is 1.32. The van der Waals surface area contributed by atoms with E-state index in [0.717, 1.165) is 25.9 Å². The molecule has 1 aliphatic heterocycles. The molecule has 0 atom stereocenters. The summed E-state index contributed by atoms with van der Waals surface area (Å²) >= 11 is 0. The number of nitrogens with two attached hydrogens (primary N) is 1. The zero-order valence-electron chi connectivity index (χ0n) is 6.30. The van der Waals surface area contributed by atoms with Crippen LogP contribution in [0.25, 0.3) is 0 Å². The number of amides is 1. The molecule has 0 aromatic rings. The molecule has 4 heteroatoms. The first-order valence-corrected chi connectivity index (χ1v) is 3.92. The van der Waals surface area contributed by atoms with Crippen LogP contribution in [0.1, 0.15) is 12.8 Å². The Bertz CT molecular complexity index is 185. The molecule has 62 valence electrons. The lowest BCUT2D eigenvalue weighted by Crippen LogP contribution is -2.51. The molecule has 2 rings (SSSR count). The standard InChI is InChI=1S/C7H12N2O2/c8-6(10)11-7(1-2-7)5-3-9-4-5/h5,9H,1-4H2,(H2,8,10). The zero-order chi connectivity index (χ0) is 7.90. The predicted octanol–water partition coefficient (Wildman–Crippen LogP) is -0.166. The van der Waals surface area contributed by atoms with Crippen molar-refractivity contribution in [1.82, 2.24) is 5.32 Å².